The number of aryl methyl sites for hydroxylation is 1. The number of carbonyl (C=O) groups excluding carboxylic acids is 1. The molecule has 4 aromatic rings. The standard InChI is InChI=1S/C23H24N4O3S/c1-15(30-17-9-7-8-16(12-17)29-4)22-24-25-23(27(22)3)31-14-21(28)19-13-26(2)20-11-6-5-10-18(19)20/h5-13,15H,14H2,1-4H3. The van der Waals surface area contributed by atoms with Gasteiger partial charge < -0.3 is 18.6 Å². The molecule has 0 aliphatic carbocycles. The molecule has 2 heterocycles. The number of Topliss-reactive ketones (excluding diaryl/α,β-unsaturated/α-hetero) is 1. The second-order valence-corrected chi connectivity index (χ2v) is 8.16. The molecule has 2 aromatic carbocycles. The number of rotatable bonds is 8. The van der Waals surface area contributed by atoms with Crippen molar-refractivity contribution in [2.75, 3.05) is 12.9 Å². The maximum atomic E-state index is 12.9. The fourth-order valence-electron chi connectivity index (χ4n) is 3.51. The fourth-order valence-corrected chi connectivity index (χ4v) is 4.31. The van der Waals surface area contributed by atoms with Crippen LogP contribution in [0.25, 0.3) is 10.9 Å². The summed E-state index contributed by atoms with van der Waals surface area (Å²) in [6.07, 6.45) is 1.58. The van der Waals surface area contributed by atoms with E-state index in [2.05, 4.69) is 10.2 Å². The van der Waals surface area contributed by atoms with Crippen LogP contribution in [0.4, 0.5) is 0 Å². The molecule has 0 aliphatic heterocycles. The maximum absolute atomic E-state index is 12.9. The lowest BCUT2D eigenvalue weighted by Gasteiger charge is -2.14. The van der Waals surface area contributed by atoms with Gasteiger partial charge in [0.15, 0.2) is 22.9 Å². The summed E-state index contributed by atoms with van der Waals surface area (Å²) < 4.78 is 15.1. The number of aromatic nitrogens is 4. The molecule has 0 radical (unpaired) electrons. The summed E-state index contributed by atoms with van der Waals surface area (Å²) in [6.45, 7) is 1.92. The van der Waals surface area contributed by atoms with Gasteiger partial charge in [0.1, 0.15) is 11.5 Å². The van der Waals surface area contributed by atoms with Gasteiger partial charge in [-0.2, -0.15) is 0 Å². The first kappa shape index (κ1) is 21.0. The van der Waals surface area contributed by atoms with Gasteiger partial charge in [-0.05, 0) is 25.1 Å². The minimum absolute atomic E-state index is 0.0621. The van der Waals surface area contributed by atoms with Gasteiger partial charge in [0, 0.05) is 42.8 Å². The third-order valence-electron chi connectivity index (χ3n) is 5.12. The molecule has 1 unspecified atom stereocenters. The van der Waals surface area contributed by atoms with Crippen LogP contribution in [-0.2, 0) is 14.1 Å². The highest BCUT2D eigenvalue weighted by Gasteiger charge is 2.20. The Morgan fingerprint density at radius 2 is 1.87 bits per heavy atom. The van der Waals surface area contributed by atoms with Gasteiger partial charge >= 0.3 is 0 Å². The fraction of sp³-hybridized carbons (Fsp3) is 0.261. The van der Waals surface area contributed by atoms with Crippen LogP contribution in [0, 0.1) is 0 Å². The smallest absolute Gasteiger partial charge is 0.191 e. The molecular formula is C23H24N4O3S. The van der Waals surface area contributed by atoms with Crippen LogP contribution in [0.1, 0.15) is 29.2 Å². The van der Waals surface area contributed by atoms with E-state index in [1.807, 2.05) is 84.9 Å². The molecule has 0 fully saturated rings. The van der Waals surface area contributed by atoms with Crippen LogP contribution in [0.15, 0.2) is 59.9 Å². The number of para-hydroxylation sites is 1. The number of benzene rings is 2. The summed E-state index contributed by atoms with van der Waals surface area (Å²) in [5, 5.41) is 10.2. The first-order valence-corrected chi connectivity index (χ1v) is 10.9. The highest BCUT2D eigenvalue weighted by molar-refractivity contribution is 7.99. The number of fused-ring (bicyclic) bond motifs is 1. The Kier molecular flexibility index (Phi) is 5.99. The average Bonchev–Trinajstić information content (AvgIpc) is 3.32. The predicted octanol–water partition coefficient (Wildman–Crippen LogP) is 4.43. The van der Waals surface area contributed by atoms with Gasteiger partial charge in [0.05, 0.1) is 12.9 Å². The molecule has 31 heavy (non-hydrogen) atoms. The molecule has 1 atom stereocenters. The van der Waals surface area contributed by atoms with Crippen molar-refractivity contribution >= 4 is 28.4 Å². The lowest BCUT2D eigenvalue weighted by molar-refractivity contribution is 0.102. The quantitative estimate of drug-likeness (QED) is 0.301. The second kappa shape index (κ2) is 8.85. The SMILES string of the molecule is COc1cccc(OC(C)c2nnc(SCC(=O)c3cn(C)c4ccccc34)n2C)c1. The first-order valence-electron chi connectivity index (χ1n) is 9.88. The molecule has 8 heteroatoms. The Bertz CT molecular complexity index is 1230. The van der Waals surface area contributed by atoms with Gasteiger partial charge in [-0.15, -0.1) is 10.2 Å². The highest BCUT2D eigenvalue weighted by atomic mass is 32.2. The summed E-state index contributed by atoms with van der Waals surface area (Å²) in [5.74, 6) is 2.45. The van der Waals surface area contributed by atoms with Crippen molar-refractivity contribution in [3.8, 4) is 11.5 Å². The van der Waals surface area contributed by atoms with Crippen LogP contribution in [0.2, 0.25) is 0 Å². The van der Waals surface area contributed by atoms with Gasteiger partial charge in [-0.25, -0.2) is 0 Å². The van der Waals surface area contributed by atoms with Crippen LogP contribution >= 0.6 is 11.8 Å². The molecule has 0 N–H and O–H groups in total. The number of nitrogens with zero attached hydrogens (tertiary/aromatic N) is 4. The molecule has 4 rings (SSSR count). The second-order valence-electron chi connectivity index (χ2n) is 7.22. The van der Waals surface area contributed by atoms with Crippen molar-refractivity contribution in [1.29, 1.82) is 0 Å². The molecule has 0 spiro atoms. The van der Waals surface area contributed by atoms with Crippen molar-refractivity contribution in [2.24, 2.45) is 14.1 Å². The molecule has 0 saturated heterocycles. The van der Waals surface area contributed by atoms with Crippen LogP contribution in [-0.4, -0.2) is 38.0 Å². The molecular weight excluding hydrogens is 412 g/mol. The van der Waals surface area contributed by atoms with Crippen molar-refractivity contribution in [3.05, 3.63) is 66.1 Å². The van der Waals surface area contributed by atoms with E-state index in [1.165, 1.54) is 11.8 Å². The predicted molar refractivity (Wildman–Crippen MR) is 121 cm³/mol. The third-order valence-corrected chi connectivity index (χ3v) is 6.14. The molecule has 0 bridgehead atoms. The molecule has 0 aliphatic rings. The molecule has 0 saturated carbocycles. The summed E-state index contributed by atoms with van der Waals surface area (Å²) in [4.78, 5) is 12.9. The van der Waals surface area contributed by atoms with Gasteiger partial charge in [0.25, 0.3) is 0 Å². The number of hydrogen-bond acceptors (Lipinski definition) is 6. The van der Waals surface area contributed by atoms with E-state index >= 15 is 0 Å². The topological polar surface area (TPSA) is 71.2 Å². The van der Waals surface area contributed by atoms with Crippen LogP contribution in [0.3, 0.4) is 0 Å². The normalized spacial score (nSPS) is 12.1. The Hall–Kier alpha value is -3.26. The zero-order valence-corrected chi connectivity index (χ0v) is 18.7. The van der Waals surface area contributed by atoms with E-state index in [0.717, 1.165) is 22.2 Å². The van der Waals surface area contributed by atoms with E-state index < -0.39 is 0 Å². The van der Waals surface area contributed by atoms with Crippen molar-refractivity contribution < 1.29 is 14.3 Å². The zero-order chi connectivity index (χ0) is 22.0. The monoisotopic (exact) mass is 436 g/mol. The Morgan fingerprint density at radius 3 is 2.68 bits per heavy atom. The number of carbonyl (C=O) groups is 1. The lowest BCUT2D eigenvalue weighted by atomic mass is 10.1. The Balaban J connectivity index is 1.45. The Labute approximate surface area is 185 Å². The van der Waals surface area contributed by atoms with Crippen molar-refractivity contribution in [3.63, 3.8) is 0 Å². The number of hydrogen-bond donors (Lipinski definition) is 0. The lowest BCUT2D eigenvalue weighted by Crippen LogP contribution is -2.10. The number of thioether (sulfide) groups is 1. The zero-order valence-electron chi connectivity index (χ0n) is 17.9. The van der Waals surface area contributed by atoms with Crippen molar-refractivity contribution in [1.82, 2.24) is 19.3 Å². The van der Waals surface area contributed by atoms with Crippen molar-refractivity contribution in [2.45, 2.75) is 18.2 Å². The number of methoxy groups -OCH3 is 1. The highest BCUT2D eigenvalue weighted by Crippen LogP contribution is 2.27. The molecule has 0 amide bonds. The van der Waals surface area contributed by atoms with E-state index in [0.29, 0.717) is 16.7 Å². The van der Waals surface area contributed by atoms with Gasteiger partial charge in [-0.1, -0.05) is 36.0 Å². The van der Waals surface area contributed by atoms with Crippen LogP contribution < -0.4 is 9.47 Å². The minimum atomic E-state index is -0.312. The largest absolute Gasteiger partial charge is 0.497 e. The van der Waals surface area contributed by atoms with E-state index in [4.69, 9.17) is 9.47 Å². The van der Waals surface area contributed by atoms with E-state index in [1.54, 1.807) is 7.11 Å². The number of ether oxygens (including phenoxy) is 2. The third kappa shape index (κ3) is 4.29. The number of ketones is 1. The first-order chi connectivity index (χ1) is 15.0. The molecule has 2 aromatic heterocycles. The average molecular weight is 437 g/mol. The molecule has 160 valence electrons. The summed E-state index contributed by atoms with van der Waals surface area (Å²) >= 11 is 1.37. The Morgan fingerprint density at radius 1 is 1.10 bits per heavy atom. The van der Waals surface area contributed by atoms with Gasteiger partial charge in [0.2, 0.25) is 0 Å². The van der Waals surface area contributed by atoms with E-state index in [-0.39, 0.29) is 17.6 Å². The van der Waals surface area contributed by atoms with E-state index in [9.17, 15) is 4.79 Å². The minimum Gasteiger partial charge on any atom is -0.497 e. The summed E-state index contributed by atoms with van der Waals surface area (Å²) in [5.41, 5.74) is 1.77. The maximum Gasteiger partial charge on any atom is 0.191 e. The summed E-state index contributed by atoms with van der Waals surface area (Å²) in [6, 6.07) is 15.3. The van der Waals surface area contributed by atoms with Gasteiger partial charge in [-0.3, -0.25) is 4.79 Å². The molecule has 7 nitrogen and oxygen atoms in total. The van der Waals surface area contributed by atoms with Crippen LogP contribution in [0.5, 0.6) is 11.5 Å². The summed E-state index contributed by atoms with van der Waals surface area (Å²) in [7, 11) is 5.45.